The molecule has 0 radical (unpaired) electrons. The second-order valence-electron chi connectivity index (χ2n) is 7.84. The highest BCUT2D eigenvalue weighted by molar-refractivity contribution is 6.30. The Morgan fingerprint density at radius 1 is 0.824 bits per heavy atom. The molecule has 5 heteroatoms. The fourth-order valence-corrected chi connectivity index (χ4v) is 4.05. The van der Waals surface area contributed by atoms with Crippen molar-refractivity contribution in [3.63, 3.8) is 0 Å². The summed E-state index contributed by atoms with van der Waals surface area (Å²) in [6.07, 6.45) is 1.71. The summed E-state index contributed by atoms with van der Waals surface area (Å²) in [6.45, 7) is 0.326. The summed E-state index contributed by atoms with van der Waals surface area (Å²) in [5, 5.41) is 9.35. The lowest BCUT2D eigenvalue weighted by Crippen LogP contribution is -2.18. The second kappa shape index (κ2) is 9.77. The standard InChI is InChI=1S/C29H21ClN2O2/c30-23-15-13-20(14-16-23)19-34-28-12-6-5-11-26(28)29(33)32-31-18-27-24-9-3-1-7-21(24)17-22-8-2-4-10-25(22)27/h1-18H,19H2,(H,32,33)/b31-18+. The summed E-state index contributed by atoms with van der Waals surface area (Å²) in [4.78, 5) is 12.9. The minimum Gasteiger partial charge on any atom is -0.488 e. The number of carbonyl (C=O) groups excluding carboxylic acids is 1. The lowest BCUT2D eigenvalue weighted by molar-refractivity contribution is 0.0950. The van der Waals surface area contributed by atoms with Crippen LogP contribution in [0.15, 0.2) is 108 Å². The van der Waals surface area contributed by atoms with Crippen molar-refractivity contribution in [2.45, 2.75) is 6.61 Å². The highest BCUT2D eigenvalue weighted by Gasteiger charge is 2.12. The van der Waals surface area contributed by atoms with E-state index in [0.29, 0.717) is 22.9 Å². The fourth-order valence-electron chi connectivity index (χ4n) is 3.93. The van der Waals surface area contributed by atoms with Gasteiger partial charge in [0.15, 0.2) is 0 Å². The number of ether oxygens (including phenoxy) is 1. The Morgan fingerprint density at radius 2 is 1.44 bits per heavy atom. The molecule has 0 heterocycles. The predicted octanol–water partition coefficient (Wildman–Crippen LogP) is 6.99. The molecule has 0 aliphatic carbocycles. The van der Waals surface area contributed by atoms with Crippen LogP contribution in [0.5, 0.6) is 5.75 Å². The molecule has 0 aliphatic rings. The van der Waals surface area contributed by atoms with Crippen LogP contribution in [-0.4, -0.2) is 12.1 Å². The average Bonchev–Trinajstić information content (AvgIpc) is 2.88. The molecule has 0 saturated carbocycles. The van der Waals surface area contributed by atoms with Crippen LogP contribution in [0.3, 0.4) is 0 Å². The lowest BCUT2D eigenvalue weighted by Gasteiger charge is -2.11. The van der Waals surface area contributed by atoms with Crippen LogP contribution < -0.4 is 10.2 Å². The third kappa shape index (κ3) is 4.63. The summed E-state index contributed by atoms with van der Waals surface area (Å²) < 4.78 is 5.91. The van der Waals surface area contributed by atoms with E-state index in [1.54, 1.807) is 24.4 Å². The van der Waals surface area contributed by atoms with Crippen LogP contribution in [0, 0.1) is 0 Å². The molecule has 0 unspecified atom stereocenters. The molecule has 4 nitrogen and oxygen atoms in total. The van der Waals surface area contributed by atoms with Gasteiger partial charge in [-0.25, -0.2) is 5.43 Å². The van der Waals surface area contributed by atoms with Gasteiger partial charge in [-0.3, -0.25) is 4.79 Å². The molecule has 0 aliphatic heterocycles. The maximum Gasteiger partial charge on any atom is 0.275 e. The summed E-state index contributed by atoms with van der Waals surface area (Å²) in [6, 6.07) is 33.0. The Morgan fingerprint density at radius 3 is 2.15 bits per heavy atom. The van der Waals surface area contributed by atoms with Gasteiger partial charge in [-0.15, -0.1) is 0 Å². The number of nitrogens with one attached hydrogen (secondary N) is 1. The van der Waals surface area contributed by atoms with Gasteiger partial charge in [0.05, 0.1) is 11.8 Å². The zero-order valence-corrected chi connectivity index (χ0v) is 19.0. The van der Waals surface area contributed by atoms with E-state index in [1.165, 1.54) is 0 Å². The number of nitrogens with zero attached hydrogens (tertiary/aromatic N) is 1. The lowest BCUT2D eigenvalue weighted by atomic mass is 9.97. The zero-order valence-electron chi connectivity index (χ0n) is 18.2. The largest absolute Gasteiger partial charge is 0.488 e. The molecule has 5 aromatic carbocycles. The van der Waals surface area contributed by atoms with Gasteiger partial charge >= 0.3 is 0 Å². The van der Waals surface area contributed by atoms with Gasteiger partial charge in [-0.2, -0.15) is 5.10 Å². The molecule has 1 amide bonds. The quantitative estimate of drug-likeness (QED) is 0.167. The van der Waals surface area contributed by atoms with Crippen molar-refractivity contribution in [3.05, 3.63) is 125 Å². The second-order valence-corrected chi connectivity index (χ2v) is 8.28. The van der Waals surface area contributed by atoms with Crippen molar-refractivity contribution >= 4 is 45.3 Å². The van der Waals surface area contributed by atoms with Crippen molar-refractivity contribution in [2.24, 2.45) is 5.10 Å². The molecule has 5 aromatic rings. The molecule has 0 aromatic heterocycles. The Bertz CT molecular complexity index is 1460. The minimum atomic E-state index is -0.340. The zero-order chi connectivity index (χ0) is 23.3. The van der Waals surface area contributed by atoms with Crippen molar-refractivity contribution in [3.8, 4) is 5.75 Å². The molecule has 0 fully saturated rings. The molecule has 1 N–H and O–H groups in total. The highest BCUT2D eigenvalue weighted by Crippen LogP contribution is 2.27. The van der Waals surface area contributed by atoms with E-state index in [0.717, 1.165) is 32.7 Å². The molecule has 0 spiro atoms. The van der Waals surface area contributed by atoms with Gasteiger partial charge in [0.25, 0.3) is 5.91 Å². The van der Waals surface area contributed by atoms with Gasteiger partial charge in [0.2, 0.25) is 0 Å². The maximum atomic E-state index is 12.9. The first kappa shape index (κ1) is 21.7. The van der Waals surface area contributed by atoms with E-state index >= 15 is 0 Å². The normalized spacial score (nSPS) is 11.2. The first-order valence-electron chi connectivity index (χ1n) is 10.9. The summed E-state index contributed by atoms with van der Waals surface area (Å²) >= 11 is 5.95. The van der Waals surface area contributed by atoms with Crippen LogP contribution >= 0.6 is 11.6 Å². The fraction of sp³-hybridized carbons (Fsp3) is 0.0345. The number of hydrogen-bond donors (Lipinski definition) is 1. The van der Waals surface area contributed by atoms with Gasteiger partial charge in [0, 0.05) is 10.6 Å². The number of halogens is 1. The van der Waals surface area contributed by atoms with Crippen LogP contribution in [-0.2, 0) is 6.61 Å². The van der Waals surface area contributed by atoms with E-state index in [4.69, 9.17) is 16.3 Å². The minimum absolute atomic E-state index is 0.326. The molecule has 0 atom stereocenters. The van der Waals surface area contributed by atoms with Crippen molar-refractivity contribution in [2.75, 3.05) is 0 Å². The van der Waals surface area contributed by atoms with Crippen LogP contribution in [0.25, 0.3) is 21.5 Å². The van der Waals surface area contributed by atoms with Crippen LogP contribution in [0.1, 0.15) is 21.5 Å². The number of fused-ring (bicyclic) bond motifs is 2. The topological polar surface area (TPSA) is 50.7 Å². The first-order chi connectivity index (χ1) is 16.7. The molecular formula is C29H21ClN2O2. The molecule has 5 rings (SSSR count). The van der Waals surface area contributed by atoms with Crippen molar-refractivity contribution in [1.82, 2.24) is 5.43 Å². The molecule has 166 valence electrons. The van der Waals surface area contributed by atoms with E-state index in [1.807, 2.05) is 54.6 Å². The van der Waals surface area contributed by atoms with Gasteiger partial charge in [0.1, 0.15) is 12.4 Å². The first-order valence-corrected chi connectivity index (χ1v) is 11.3. The number of para-hydroxylation sites is 1. The van der Waals surface area contributed by atoms with Gasteiger partial charge < -0.3 is 4.74 Å². The van der Waals surface area contributed by atoms with Crippen LogP contribution in [0.2, 0.25) is 5.02 Å². The third-order valence-corrected chi connectivity index (χ3v) is 5.86. The smallest absolute Gasteiger partial charge is 0.275 e. The Labute approximate surface area is 202 Å². The number of amides is 1. The van der Waals surface area contributed by atoms with E-state index in [-0.39, 0.29) is 5.91 Å². The number of hydrazone groups is 1. The van der Waals surface area contributed by atoms with E-state index in [2.05, 4.69) is 40.9 Å². The molecule has 0 saturated heterocycles. The highest BCUT2D eigenvalue weighted by atomic mass is 35.5. The Balaban J connectivity index is 1.37. The number of benzene rings is 5. The number of carbonyl (C=O) groups is 1. The van der Waals surface area contributed by atoms with Gasteiger partial charge in [-0.1, -0.05) is 84.4 Å². The molecule has 0 bridgehead atoms. The SMILES string of the molecule is O=C(N/N=C/c1c2ccccc2cc2ccccc12)c1ccccc1OCc1ccc(Cl)cc1. The molecule has 34 heavy (non-hydrogen) atoms. The summed E-state index contributed by atoms with van der Waals surface area (Å²) in [5.74, 6) is 0.147. The summed E-state index contributed by atoms with van der Waals surface area (Å²) in [5.41, 5.74) is 4.99. The average molecular weight is 465 g/mol. The van der Waals surface area contributed by atoms with E-state index in [9.17, 15) is 4.79 Å². The Hall–Kier alpha value is -4.15. The maximum absolute atomic E-state index is 12.9. The van der Waals surface area contributed by atoms with Crippen molar-refractivity contribution in [1.29, 1.82) is 0 Å². The Kier molecular flexibility index (Phi) is 6.23. The summed E-state index contributed by atoms with van der Waals surface area (Å²) in [7, 11) is 0. The monoisotopic (exact) mass is 464 g/mol. The van der Waals surface area contributed by atoms with E-state index < -0.39 is 0 Å². The number of hydrogen-bond acceptors (Lipinski definition) is 3. The number of rotatable bonds is 6. The predicted molar refractivity (Wildman–Crippen MR) is 139 cm³/mol. The van der Waals surface area contributed by atoms with Crippen LogP contribution in [0.4, 0.5) is 0 Å². The van der Waals surface area contributed by atoms with Crippen molar-refractivity contribution < 1.29 is 9.53 Å². The molecular weight excluding hydrogens is 444 g/mol. The van der Waals surface area contributed by atoms with Gasteiger partial charge in [-0.05, 0) is 57.4 Å². The third-order valence-electron chi connectivity index (χ3n) is 5.61.